The van der Waals surface area contributed by atoms with Crippen molar-refractivity contribution in [3.8, 4) is 11.1 Å². The van der Waals surface area contributed by atoms with Crippen molar-refractivity contribution in [2.24, 2.45) is 0 Å². The smallest absolute Gasteiger partial charge is 0.0945 e. The molecule has 0 aliphatic carbocycles. The van der Waals surface area contributed by atoms with Crippen LogP contribution < -0.4 is 4.90 Å². The number of anilines is 1. The van der Waals surface area contributed by atoms with Gasteiger partial charge >= 0.3 is 0 Å². The highest BCUT2D eigenvalue weighted by atomic mass is 32.2. The fourth-order valence-corrected chi connectivity index (χ4v) is 4.88. The van der Waals surface area contributed by atoms with E-state index in [-0.39, 0.29) is 6.61 Å². The number of thioether (sulfide) groups is 1. The molecule has 2 aromatic carbocycles. The first-order valence-electron chi connectivity index (χ1n) is 12.6. The molecular formula is C31H43NO2S. The third-order valence-corrected chi connectivity index (χ3v) is 7.00. The quantitative estimate of drug-likeness (QED) is 0.209. The Balaban J connectivity index is 1.92. The van der Waals surface area contributed by atoms with Crippen LogP contribution in [0.5, 0.6) is 0 Å². The first kappa shape index (κ1) is 29.0. The summed E-state index contributed by atoms with van der Waals surface area (Å²) in [5.74, 6) is 0.964. The van der Waals surface area contributed by atoms with Gasteiger partial charge in [-0.05, 0) is 82.7 Å². The zero-order valence-electron chi connectivity index (χ0n) is 22.1. The summed E-state index contributed by atoms with van der Waals surface area (Å²) < 4.78 is 0. The Kier molecular flexibility index (Phi) is 13.0. The van der Waals surface area contributed by atoms with Gasteiger partial charge in [-0.1, -0.05) is 65.3 Å². The molecule has 0 saturated heterocycles. The molecule has 0 amide bonds. The number of likely N-dealkylation sites (N-methyl/N-ethyl adjacent to an activating group) is 1. The summed E-state index contributed by atoms with van der Waals surface area (Å²) in [4.78, 5) is 3.24. The van der Waals surface area contributed by atoms with Crippen LogP contribution in [-0.4, -0.2) is 42.3 Å². The van der Waals surface area contributed by atoms with Crippen molar-refractivity contribution < 1.29 is 10.2 Å². The molecule has 2 N–H and O–H groups in total. The highest BCUT2D eigenvalue weighted by molar-refractivity contribution is 7.99. The lowest BCUT2D eigenvalue weighted by Gasteiger charge is -2.22. The SMILES string of the molecule is CC(C)=CCC/C(C)=C/CC/C(C)=C/CSc1ccccc1-c1ccc(N(C)CC(O)CO)cc1. The van der Waals surface area contributed by atoms with Crippen LogP contribution in [0.1, 0.15) is 53.4 Å². The Hall–Kier alpha value is -2.27. The molecule has 0 bridgehead atoms. The predicted molar refractivity (Wildman–Crippen MR) is 154 cm³/mol. The summed E-state index contributed by atoms with van der Waals surface area (Å²) in [6.45, 7) is 8.98. The molecule has 0 aliphatic heterocycles. The number of aliphatic hydroxyl groups excluding tert-OH is 2. The summed E-state index contributed by atoms with van der Waals surface area (Å²) in [6.07, 6.45) is 10.9. The molecule has 0 heterocycles. The van der Waals surface area contributed by atoms with Crippen LogP contribution >= 0.6 is 11.8 Å². The van der Waals surface area contributed by atoms with E-state index in [1.807, 2.05) is 23.7 Å². The number of hydrogen-bond donors (Lipinski definition) is 2. The minimum absolute atomic E-state index is 0.228. The van der Waals surface area contributed by atoms with E-state index in [1.54, 1.807) is 0 Å². The molecule has 35 heavy (non-hydrogen) atoms. The van der Waals surface area contributed by atoms with E-state index < -0.39 is 6.10 Å². The number of rotatable bonds is 14. The van der Waals surface area contributed by atoms with E-state index in [0.717, 1.165) is 37.1 Å². The maximum Gasteiger partial charge on any atom is 0.0945 e. The van der Waals surface area contributed by atoms with Crippen molar-refractivity contribution in [1.82, 2.24) is 0 Å². The third-order valence-electron chi connectivity index (χ3n) is 5.99. The molecule has 0 radical (unpaired) electrons. The highest BCUT2D eigenvalue weighted by Crippen LogP contribution is 2.32. The molecule has 0 aliphatic rings. The molecule has 1 atom stereocenters. The molecule has 0 fully saturated rings. The summed E-state index contributed by atoms with van der Waals surface area (Å²) in [7, 11) is 1.92. The summed E-state index contributed by atoms with van der Waals surface area (Å²) in [5, 5.41) is 18.8. The molecular weight excluding hydrogens is 450 g/mol. The van der Waals surface area contributed by atoms with E-state index in [4.69, 9.17) is 5.11 Å². The second kappa shape index (κ2) is 15.7. The van der Waals surface area contributed by atoms with Gasteiger partial charge in [-0.2, -0.15) is 0 Å². The van der Waals surface area contributed by atoms with Crippen LogP contribution in [0.25, 0.3) is 11.1 Å². The van der Waals surface area contributed by atoms with Gasteiger partial charge in [0, 0.05) is 29.9 Å². The fraction of sp³-hybridized carbons (Fsp3) is 0.419. The first-order valence-corrected chi connectivity index (χ1v) is 13.6. The maximum atomic E-state index is 9.70. The number of aliphatic hydroxyl groups is 2. The van der Waals surface area contributed by atoms with Gasteiger partial charge in [0.1, 0.15) is 0 Å². The van der Waals surface area contributed by atoms with Crippen LogP contribution in [-0.2, 0) is 0 Å². The van der Waals surface area contributed by atoms with Crippen LogP contribution in [0.3, 0.4) is 0 Å². The molecule has 1 unspecified atom stereocenters. The molecule has 0 aromatic heterocycles. The average Bonchev–Trinajstić information content (AvgIpc) is 2.84. The molecule has 4 heteroatoms. The highest BCUT2D eigenvalue weighted by Gasteiger charge is 2.09. The second-order valence-electron chi connectivity index (χ2n) is 9.53. The monoisotopic (exact) mass is 493 g/mol. The number of hydrogen-bond acceptors (Lipinski definition) is 4. The van der Waals surface area contributed by atoms with Crippen LogP contribution in [0.15, 0.2) is 88.4 Å². The van der Waals surface area contributed by atoms with Gasteiger partial charge in [0.25, 0.3) is 0 Å². The van der Waals surface area contributed by atoms with Gasteiger partial charge in [-0.15, -0.1) is 11.8 Å². The van der Waals surface area contributed by atoms with Crippen LogP contribution in [0.2, 0.25) is 0 Å². The van der Waals surface area contributed by atoms with Gasteiger partial charge in [-0.3, -0.25) is 0 Å². The summed E-state index contributed by atoms with van der Waals surface area (Å²) >= 11 is 1.88. The lowest BCUT2D eigenvalue weighted by Crippen LogP contribution is -2.31. The number of allylic oxidation sites excluding steroid dienone is 5. The van der Waals surface area contributed by atoms with Gasteiger partial charge < -0.3 is 15.1 Å². The predicted octanol–water partition coefficient (Wildman–Crippen LogP) is 7.65. The minimum Gasteiger partial charge on any atom is -0.394 e. The van der Waals surface area contributed by atoms with Crippen LogP contribution in [0, 0.1) is 0 Å². The van der Waals surface area contributed by atoms with Crippen molar-refractivity contribution in [3.63, 3.8) is 0 Å². The van der Waals surface area contributed by atoms with Crippen molar-refractivity contribution >= 4 is 17.4 Å². The van der Waals surface area contributed by atoms with Gasteiger partial charge in [0.2, 0.25) is 0 Å². The number of benzene rings is 2. The van der Waals surface area contributed by atoms with Gasteiger partial charge in [0.15, 0.2) is 0 Å². The van der Waals surface area contributed by atoms with E-state index in [9.17, 15) is 5.11 Å². The van der Waals surface area contributed by atoms with Crippen molar-refractivity contribution in [3.05, 3.63) is 83.5 Å². The lowest BCUT2D eigenvalue weighted by atomic mass is 10.1. The molecule has 0 spiro atoms. The van der Waals surface area contributed by atoms with Crippen molar-refractivity contribution in [1.29, 1.82) is 0 Å². The lowest BCUT2D eigenvalue weighted by molar-refractivity contribution is 0.101. The molecule has 0 saturated carbocycles. The van der Waals surface area contributed by atoms with Crippen LogP contribution in [0.4, 0.5) is 5.69 Å². The molecule has 3 nitrogen and oxygen atoms in total. The zero-order valence-corrected chi connectivity index (χ0v) is 22.9. The zero-order chi connectivity index (χ0) is 25.6. The Morgan fingerprint density at radius 3 is 2.17 bits per heavy atom. The minimum atomic E-state index is -0.735. The molecule has 2 aromatic rings. The molecule has 190 valence electrons. The van der Waals surface area contributed by atoms with Gasteiger partial charge in [0.05, 0.1) is 12.7 Å². The van der Waals surface area contributed by atoms with E-state index in [1.165, 1.54) is 32.7 Å². The van der Waals surface area contributed by atoms with Crippen molar-refractivity contribution in [2.75, 3.05) is 30.9 Å². The number of nitrogens with zero attached hydrogens (tertiary/aromatic N) is 1. The average molecular weight is 494 g/mol. The Morgan fingerprint density at radius 1 is 0.886 bits per heavy atom. The van der Waals surface area contributed by atoms with Crippen molar-refractivity contribution in [2.45, 2.75) is 64.4 Å². The second-order valence-corrected chi connectivity index (χ2v) is 10.6. The Bertz CT molecular complexity index is 987. The Morgan fingerprint density at radius 2 is 1.51 bits per heavy atom. The standard InChI is InChI=1S/C31H43NO2S/c1-24(2)10-8-11-25(3)12-9-13-26(4)20-21-35-31-15-7-6-14-30(31)27-16-18-28(19-17-27)32(5)22-29(34)23-33/h6-7,10,12,14-20,29,33-34H,8-9,11,13,21-23H2,1-5H3/b25-12+,26-20+. The van der Waals surface area contributed by atoms with E-state index in [2.05, 4.69) is 94.5 Å². The third kappa shape index (κ3) is 10.9. The summed E-state index contributed by atoms with van der Waals surface area (Å²) in [5.41, 5.74) is 7.77. The van der Waals surface area contributed by atoms with E-state index in [0.29, 0.717) is 6.54 Å². The normalized spacial score (nSPS) is 13.0. The first-order chi connectivity index (χ1) is 16.8. The molecule has 2 rings (SSSR count). The fourth-order valence-electron chi connectivity index (χ4n) is 3.82. The topological polar surface area (TPSA) is 43.7 Å². The largest absolute Gasteiger partial charge is 0.394 e. The van der Waals surface area contributed by atoms with Gasteiger partial charge in [-0.25, -0.2) is 0 Å². The van der Waals surface area contributed by atoms with E-state index >= 15 is 0 Å². The maximum absolute atomic E-state index is 9.70. The summed E-state index contributed by atoms with van der Waals surface area (Å²) in [6, 6.07) is 17.0. The Labute approximate surface area is 217 Å².